The summed E-state index contributed by atoms with van der Waals surface area (Å²) < 4.78 is 30.5. The minimum atomic E-state index is -1.41. The molecular weight excluding hydrogens is 474 g/mol. The number of rotatable bonds is 7. The van der Waals surface area contributed by atoms with Crippen molar-refractivity contribution >= 4 is 45.5 Å². The summed E-state index contributed by atoms with van der Waals surface area (Å²) in [7, 11) is 0. The molecule has 0 bridgehead atoms. The highest BCUT2D eigenvalue weighted by atomic mass is 32.1. The first-order chi connectivity index (χ1) is 16.2. The highest BCUT2D eigenvalue weighted by Gasteiger charge is 2.51. The van der Waals surface area contributed by atoms with Crippen LogP contribution in [-0.2, 0) is 33.3 Å². The van der Waals surface area contributed by atoms with E-state index in [0.717, 1.165) is 18.4 Å². The van der Waals surface area contributed by atoms with Crippen LogP contribution < -0.4 is 21.9 Å². The van der Waals surface area contributed by atoms with Gasteiger partial charge in [0, 0.05) is 15.2 Å². The van der Waals surface area contributed by atoms with Crippen LogP contribution in [-0.4, -0.2) is 63.4 Å². The molecule has 5 N–H and O–H groups in total. The summed E-state index contributed by atoms with van der Waals surface area (Å²) in [5.74, 6) is -4.08. The maximum atomic E-state index is 12.8. The fourth-order valence-electron chi connectivity index (χ4n) is 3.36. The van der Waals surface area contributed by atoms with Gasteiger partial charge in [0.1, 0.15) is 23.5 Å². The number of carbonyl (C=O) groups is 3. The van der Waals surface area contributed by atoms with Gasteiger partial charge < -0.3 is 30.4 Å². The second-order valence-electron chi connectivity index (χ2n) is 7.74. The lowest BCUT2D eigenvalue weighted by Gasteiger charge is -2.23. The Hall–Kier alpha value is -3.30. The molecule has 186 valence electrons. The Morgan fingerprint density at radius 1 is 1.24 bits per heavy atom. The second kappa shape index (κ2) is 9.90. The number of ether oxygens (including phenoxy) is 4. The van der Waals surface area contributed by atoms with Crippen LogP contribution >= 0.6 is 11.3 Å². The van der Waals surface area contributed by atoms with Crippen LogP contribution in [0, 0.1) is 5.89 Å². The number of aromatic nitrogens is 3. The third-order valence-electron chi connectivity index (χ3n) is 4.90. The number of fused-ring (bicyclic) bond motifs is 1. The van der Waals surface area contributed by atoms with Gasteiger partial charge in [0.15, 0.2) is 24.1 Å². The molecule has 34 heavy (non-hydrogen) atoms. The average Bonchev–Trinajstić information content (AvgIpc) is 3.21. The first-order valence-corrected chi connectivity index (χ1v) is 10.8. The number of hydrogen-bond acceptors (Lipinski definition) is 13. The van der Waals surface area contributed by atoms with E-state index < -0.39 is 71.4 Å². The van der Waals surface area contributed by atoms with Crippen LogP contribution in [0.4, 0.5) is 5.95 Å². The molecule has 0 aromatic carbocycles. The number of nitrogen functional groups attached to an aromatic ring is 1. The van der Waals surface area contributed by atoms with Gasteiger partial charge in [-0.1, -0.05) is 25.2 Å². The van der Waals surface area contributed by atoms with E-state index in [-0.39, 0.29) is 16.3 Å². The number of carbonyl (C=O) groups excluding carboxylic acids is 3. The lowest BCUT2D eigenvalue weighted by Crippen LogP contribution is -2.43. The van der Waals surface area contributed by atoms with Crippen LogP contribution in [0.15, 0.2) is 9.59 Å². The fourth-order valence-corrected chi connectivity index (χ4v) is 4.20. The molecule has 1 saturated heterocycles. The highest BCUT2D eigenvalue weighted by molar-refractivity contribution is 7.16. The zero-order valence-corrected chi connectivity index (χ0v) is 19.5. The maximum Gasteiger partial charge on any atom is 0.323 e. The van der Waals surface area contributed by atoms with Gasteiger partial charge in [0.2, 0.25) is 5.95 Å². The fraction of sp³-hybridized carbons (Fsp3) is 0.579. The lowest BCUT2D eigenvalue weighted by molar-refractivity contribution is -0.166. The van der Waals surface area contributed by atoms with Gasteiger partial charge >= 0.3 is 22.8 Å². The Balaban J connectivity index is 2.03. The summed E-state index contributed by atoms with van der Waals surface area (Å²) in [6.07, 6.45) is -5.31. The number of esters is 3. The monoisotopic (exact) mass is 500 g/mol. The molecule has 2 aromatic heterocycles. The van der Waals surface area contributed by atoms with E-state index in [9.17, 15) is 24.0 Å². The van der Waals surface area contributed by atoms with E-state index in [1.807, 2.05) is 0 Å². The number of anilines is 1. The summed E-state index contributed by atoms with van der Waals surface area (Å²) in [5.41, 5.74) is 10.6. The minimum Gasteiger partial charge on any atom is -0.462 e. The van der Waals surface area contributed by atoms with E-state index >= 15 is 0 Å². The normalized spacial score (nSPS) is 23.9. The molecule has 5 atom stereocenters. The van der Waals surface area contributed by atoms with Crippen LogP contribution in [0.3, 0.4) is 0 Å². The van der Waals surface area contributed by atoms with E-state index in [1.54, 1.807) is 0 Å². The van der Waals surface area contributed by atoms with Crippen molar-refractivity contribution in [3.63, 3.8) is 0 Å². The minimum absolute atomic E-state index is 0.0584. The Morgan fingerprint density at radius 3 is 2.44 bits per heavy atom. The number of aromatic amines is 1. The molecule has 3 heterocycles. The van der Waals surface area contributed by atoms with Crippen molar-refractivity contribution in [2.75, 3.05) is 12.3 Å². The molecule has 0 radical (unpaired) electrons. The van der Waals surface area contributed by atoms with E-state index in [0.29, 0.717) is 11.3 Å². The molecule has 15 heteroatoms. The molecule has 14 nitrogen and oxygen atoms in total. The van der Waals surface area contributed by atoms with Crippen molar-refractivity contribution < 1.29 is 34.7 Å². The molecule has 0 saturated carbocycles. The number of nitrogens with one attached hydrogen (secondary N) is 1. The topological polar surface area (TPSA) is 208 Å². The van der Waals surface area contributed by atoms with Crippen molar-refractivity contribution in [1.82, 2.24) is 14.5 Å². The predicted octanol–water partition coefficient (Wildman–Crippen LogP) is -0.984. The third-order valence-corrected chi connectivity index (χ3v) is 5.84. The summed E-state index contributed by atoms with van der Waals surface area (Å²) >= 11 is 0.558. The van der Waals surface area contributed by atoms with Crippen molar-refractivity contribution in [2.24, 2.45) is 11.6 Å². The van der Waals surface area contributed by atoms with E-state index in [2.05, 4.69) is 9.97 Å². The summed E-state index contributed by atoms with van der Waals surface area (Å²) in [5, 5.41) is 0. The number of thiazole rings is 1. The molecule has 3 rings (SSSR count). The van der Waals surface area contributed by atoms with Crippen molar-refractivity contribution in [2.45, 2.75) is 58.3 Å². The number of hydrogen-bond donors (Lipinski definition) is 3. The van der Waals surface area contributed by atoms with Crippen LogP contribution in [0.1, 0.15) is 35.3 Å². The maximum absolute atomic E-state index is 12.8. The SMILES string of the molecule is [2H]C(C)(C)[C@H](N)C(=O)OC[C@H]1OC(n2c(=O)sc3c(=O)[nH]c(N)nc32)[C@H](OC(C)=O)[C@@H]1OC(C)=O. The van der Waals surface area contributed by atoms with Crippen LogP contribution in [0.2, 0.25) is 0 Å². The smallest absolute Gasteiger partial charge is 0.323 e. The van der Waals surface area contributed by atoms with Crippen LogP contribution in [0.25, 0.3) is 10.3 Å². The summed E-state index contributed by atoms with van der Waals surface area (Å²) in [6.45, 7) is 4.54. The average molecular weight is 501 g/mol. The van der Waals surface area contributed by atoms with Gasteiger partial charge in [0.05, 0.1) is 0 Å². The molecule has 0 spiro atoms. The quantitative estimate of drug-likeness (QED) is 0.309. The zero-order valence-electron chi connectivity index (χ0n) is 19.7. The van der Waals surface area contributed by atoms with Gasteiger partial charge in [-0.3, -0.25) is 33.5 Å². The van der Waals surface area contributed by atoms with Crippen molar-refractivity contribution in [1.29, 1.82) is 0 Å². The molecule has 1 aliphatic rings. The standard InChI is InChI=1S/C19H25N5O9S/c1-6(2)10(20)17(28)30-5-9-11(31-7(3)25)12(32-8(4)26)16(33-9)24-14-13(34-19(24)29)15(27)23-18(21)22-14/h6,9-12,16H,5,20H2,1-4H3,(H3,21,22,23,27)/t9-,10+,11-,12-,16?/m1/s1/i6D. The van der Waals surface area contributed by atoms with Gasteiger partial charge in [-0.05, 0) is 5.89 Å². The number of H-pyrrole nitrogens is 1. The molecule has 2 aromatic rings. The Morgan fingerprint density at radius 2 is 1.85 bits per heavy atom. The Labute approximate surface area is 197 Å². The summed E-state index contributed by atoms with van der Waals surface area (Å²) in [4.78, 5) is 66.6. The molecule has 1 fully saturated rings. The zero-order chi connectivity index (χ0) is 26.2. The first-order valence-electron chi connectivity index (χ1n) is 10.5. The van der Waals surface area contributed by atoms with Crippen molar-refractivity contribution in [3.8, 4) is 0 Å². The summed E-state index contributed by atoms with van der Waals surface area (Å²) in [6, 6.07) is -1.29. The second-order valence-corrected chi connectivity index (χ2v) is 8.70. The van der Waals surface area contributed by atoms with Gasteiger partial charge in [0.25, 0.3) is 5.56 Å². The number of nitrogens with two attached hydrogens (primary N) is 2. The molecule has 1 unspecified atom stereocenters. The largest absolute Gasteiger partial charge is 0.462 e. The van der Waals surface area contributed by atoms with Gasteiger partial charge in [-0.2, -0.15) is 4.98 Å². The predicted molar refractivity (Wildman–Crippen MR) is 118 cm³/mol. The lowest BCUT2D eigenvalue weighted by atomic mass is 10.1. The van der Waals surface area contributed by atoms with Crippen LogP contribution in [0.5, 0.6) is 0 Å². The van der Waals surface area contributed by atoms with Crippen molar-refractivity contribution in [3.05, 3.63) is 20.0 Å². The molecule has 0 aliphatic carbocycles. The van der Waals surface area contributed by atoms with E-state index in [4.69, 9.17) is 31.8 Å². The first kappa shape index (κ1) is 23.8. The Bertz CT molecular complexity index is 1270. The third kappa shape index (κ3) is 5.10. The molecule has 0 amide bonds. The molecular formula is C19H25N5O9S. The van der Waals surface area contributed by atoms with Gasteiger partial charge in [-0.15, -0.1) is 0 Å². The Kier molecular flexibility index (Phi) is 6.95. The van der Waals surface area contributed by atoms with E-state index in [1.165, 1.54) is 13.8 Å². The van der Waals surface area contributed by atoms with Gasteiger partial charge in [-0.25, -0.2) is 0 Å². The number of nitrogens with zero attached hydrogens (tertiary/aromatic N) is 2. The molecule has 1 aliphatic heterocycles. The highest BCUT2D eigenvalue weighted by Crippen LogP contribution is 2.35.